The van der Waals surface area contributed by atoms with Gasteiger partial charge in [-0.2, -0.15) is 20.7 Å². The van der Waals surface area contributed by atoms with Crippen LogP contribution in [-0.2, 0) is 54.9 Å². The lowest BCUT2D eigenvalue weighted by Gasteiger charge is -2.26. The van der Waals surface area contributed by atoms with Crippen LogP contribution in [0.4, 0.5) is 11.6 Å². The first-order valence-electron chi connectivity index (χ1n) is 26.4. The Morgan fingerprint density at radius 1 is 0.684 bits per heavy atom. The number of halogens is 1. The number of fused-ring (bicyclic) bond motifs is 2. The second-order valence-corrected chi connectivity index (χ2v) is 21.5. The Labute approximate surface area is 447 Å². The van der Waals surface area contributed by atoms with Crippen molar-refractivity contribution in [2.45, 2.75) is 170 Å². The van der Waals surface area contributed by atoms with Gasteiger partial charge in [-0.3, -0.25) is 13.6 Å². The summed E-state index contributed by atoms with van der Waals surface area (Å²) in [6.07, 6.45) is 10.7. The molecule has 4 aromatic heterocycles. The van der Waals surface area contributed by atoms with Gasteiger partial charge < -0.3 is 50.8 Å². The van der Waals surface area contributed by atoms with Crippen LogP contribution in [0.2, 0.25) is 5.02 Å². The molecule has 0 aliphatic carbocycles. The van der Waals surface area contributed by atoms with Crippen molar-refractivity contribution in [2.75, 3.05) is 44.5 Å². The highest BCUT2D eigenvalue weighted by molar-refractivity contribution is 7.48. The predicted molar refractivity (Wildman–Crippen MR) is 279 cm³/mol. The summed E-state index contributed by atoms with van der Waals surface area (Å²) in [4.78, 5) is 7.91. The molecular formula is C52H72ClN10O12P. The number of phosphoric ester groups is 1. The highest BCUT2D eigenvalue weighted by Gasteiger charge is 2.59. The number of ether oxygens (including phenoxy) is 4. The molecule has 2 aliphatic heterocycles. The van der Waals surface area contributed by atoms with E-state index in [0.717, 1.165) is 38.3 Å². The minimum absolute atomic E-state index is 0.00939. The number of aromatic nitrogens is 6. The fourth-order valence-corrected chi connectivity index (χ4v) is 11.1. The van der Waals surface area contributed by atoms with Crippen LogP contribution < -0.4 is 11.5 Å². The lowest BCUT2D eigenvalue weighted by Crippen LogP contribution is -2.41. The molecule has 2 fully saturated rings. The molecule has 76 heavy (non-hydrogen) atoms. The van der Waals surface area contributed by atoms with Crippen molar-refractivity contribution in [3.8, 4) is 12.1 Å². The number of hydrogen-bond acceptors (Lipinski definition) is 20. The van der Waals surface area contributed by atoms with Crippen molar-refractivity contribution in [3.05, 3.63) is 83.2 Å². The maximum Gasteiger partial charge on any atom is 0.475 e. The molecule has 6 heterocycles. The summed E-state index contributed by atoms with van der Waals surface area (Å²) in [5.41, 5.74) is 8.87. The number of nitrogen functional groups attached to an aromatic ring is 2. The molecule has 0 bridgehead atoms. The monoisotopic (exact) mass is 1090 g/mol. The molecular weight excluding hydrogens is 1020 g/mol. The molecule has 5 aromatic rings. The van der Waals surface area contributed by atoms with E-state index in [1.807, 2.05) is 12.1 Å². The largest absolute Gasteiger partial charge is 0.475 e. The molecule has 0 radical (unpaired) electrons. The molecule has 0 spiro atoms. The summed E-state index contributed by atoms with van der Waals surface area (Å²) in [5.74, 6) is 0.155. The Morgan fingerprint density at radius 2 is 1.14 bits per heavy atom. The molecule has 0 saturated carbocycles. The normalized spacial score (nSPS) is 24.1. The summed E-state index contributed by atoms with van der Waals surface area (Å²) >= 11 is 6.47. The van der Waals surface area contributed by atoms with Crippen molar-refractivity contribution >= 4 is 42.1 Å². The Morgan fingerprint density at radius 3 is 1.61 bits per heavy atom. The van der Waals surface area contributed by atoms with E-state index in [2.05, 4.69) is 27.1 Å². The number of nitrogens with zero attached hydrogens (tertiary/aromatic N) is 8. The van der Waals surface area contributed by atoms with Crippen LogP contribution in [0.15, 0.2) is 61.2 Å². The second kappa shape index (κ2) is 28.1. The maximum atomic E-state index is 14.9. The van der Waals surface area contributed by atoms with E-state index in [1.165, 1.54) is 110 Å². The minimum atomic E-state index is -4.92. The van der Waals surface area contributed by atoms with Gasteiger partial charge in [0.2, 0.25) is 11.2 Å². The smallest absolute Gasteiger partial charge is 0.387 e. The Bertz CT molecular complexity index is 2630. The highest BCUT2D eigenvalue weighted by atomic mass is 35.5. The minimum Gasteiger partial charge on any atom is -0.387 e. The van der Waals surface area contributed by atoms with Crippen molar-refractivity contribution < 1.29 is 57.5 Å². The maximum absolute atomic E-state index is 14.9. The Balaban J connectivity index is 1.00. The zero-order chi connectivity index (χ0) is 54.1. The van der Waals surface area contributed by atoms with Gasteiger partial charge >= 0.3 is 7.82 Å². The van der Waals surface area contributed by atoms with Gasteiger partial charge in [0.1, 0.15) is 78.6 Å². The summed E-state index contributed by atoms with van der Waals surface area (Å²) in [6, 6.07) is 16.9. The van der Waals surface area contributed by atoms with E-state index in [4.69, 9.17) is 55.6 Å². The number of aliphatic hydroxyl groups excluding tert-OH is 4. The van der Waals surface area contributed by atoms with Crippen molar-refractivity contribution in [3.63, 3.8) is 0 Å². The fraction of sp³-hybridized carbons (Fsp3) is 0.615. The zero-order valence-electron chi connectivity index (χ0n) is 43.0. The number of anilines is 2. The van der Waals surface area contributed by atoms with E-state index in [0.29, 0.717) is 28.2 Å². The number of phosphoric acid groups is 1. The second-order valence-electron chi connectivity index (χ2n) is 19.4. The standard InChI is InChI=1S/C52H72ClN10O12P/c1-2-3-4-5-6-7-8-9-10-11-12-13-14-15-16-19-26-69-28-37(70-27-36-20-17-18-21-38(36)53)29-71-76(68,72-30-41-45(64)47(66)51(32-54,74-41)43-24-22-39-49(56)58-34-60-62(39)43)73-31-42-46(65)48(67)52(33-55,75-42)44-25-23-40-50(57)59-35-61-63(40)44/h17-18,20-25,34-35,37,41-42,45-48,64-67H,2-16,19,26-31H2,1H3,(H2,56,58,60)(H2,57,59,61)/t37-,41-,42-,45-,46-,47-,48-,51+,52+/m1/s1. The molecule has 9 atom stereocenters. The third-order valence-electron chi connectivity index (χ3n) is 14.1. The lowest BCUT2D eigenvalue weighted by molar-refractivity contribution is -0.0802. The van der Waals surface area contributed by atoms with E-state index in [-0.39, 0.29) is 36.2 Å². The van der Waals surface area contributed by atoms with Gasteiger partial charge in [0.05, 0.1) is 44.4 Å². The van der Waals surface area contributed by atoms with Crippen LogP contribution in [0.3, 0.4) is 0 Å². The topological polar surface area (TPSA) is 323 Å². The van der Waals surface area contributed by atoms with Crippen molar-refractivity contribution in [1.29, 1.82) is 10.5 Å². The third-order valence-corrected chi connectivity index (χ3v) is 15.8. The van der Waals surface area contributed by atoms with E-state index in [1.54, 1.807) is 24.3 Å². The van der Waals surface area contributed by atoms with Crippen molar-refractivity contribution in [1.82, 2.24) is 29.2 Å². The molecule has 24 heteroatoms. The quantitative estimate of drug-likeness (QED) is 0.0182. The Kier molecular flexibility index (Phi) is 21.8. The molecule has 7 rings (SSSR count). The average Bonchev–Trinajstić information content (AvgIpc) is 4.22. The van der Waals surface area contributed by atoms with Crippen LogP contribution in [0.5, 0.6) is 0 Å². The number of aliphatic hydroxyl groups is 4. The number of nitriles is 2. The highest BCUT2D eigenvalue weighted by Crippen LogP contribution is 2.52. The number of nitrogens with two attached hydrogens (primary N) is 2. The first-order valence-corrected chi connectivity index (χ1v) is 28.2. The van der Waals surface area contributed by atoms with Crippen LogP contribution >= 0.6 is 19.4 Å². The van der Waals surface area contributed by atoms with E-state index < -0.39 is 81.6 Å². The van der Waals surface area contributed by atoms with E-state index >= 15 is 0 Å². The number of unbranched alkanes of at least 4 members (excludes halogenated alkanes) is 15. The average molecular weight is 1100 g/mol. The SMILES string of the molecule is CCCCCCCCCCCCCCCCCCOC[C@H](COP(=O)(OC[C@H]1O[C@@](C#N)(c2ccc3c(N)ncnn23)[C@H](O)[C@@H]1O)OC[C@H]1O[C@@](C#N)(c2ccc3c(N)ncnn23)[C@H](O)[C@@H]1O)OCc1ccccc1Cl. The van der Waals surface area contributed by atoms with Gasteiger partial charge in [0.15, 0.2) is 11.6 Å². The van der Waals surface area contributed by atoms with Gasteiger partial charge in [-0.05, 0) is 42.3 Å². The van der Waals surface area contributed by atoms with Crippen molar-refractivity contribution in [2.24, 2.45) is 0 Å². The van der Waals surface area contributed by atoms with Gasteiger partial charge in [0.25, 0.3) is 0 Å². The molecule has 0 amide bonds. The molecule has 1 aromatic carbocycles. The molecule has 414 valence electrons. The molecule has 22 nitrogen and oxygen atoms in total. The third kappa shape index (κ3) is 14.0. The number of rotatable bonds is 33. The summed E-state index contributed by atoms with van der Waals surface area (Å²) in [6.45, 7) is 0.619. The van der Waals surface area contributed by atoms with Gasteiger partial charge in [-0.1, -0.05) is 133 Å². The van der Waals surface area contributed by atoms with Gasteiger partial charge in [-0.15, -0.1) is 0 Å². The van der Waals surface area contributed by atoms with Gasteiger partial charge in [-0.25, -0.2) is 23.6 Å². The number of benzene rings is 1. The summed E-state index contributed by atoms with van der Waals surface area (Å²) in [5, 5.41) is 75.3. The summed E-state index contributed by atoms with van der Waals surface area (Å²) in [7, 11) is -4.92. The van der Waals surface area contributed by atoms with Crippen LogP contribution in [-0.4, -0.2) is 125 Å². The molecule has 8 N–H and O–H groups in total. The lowest BCUT2D eigenvalue weighted by atomic mass is 9.92. The van der Waals surface area contributed by atoms with Crippen LogP contribution in [0.1, 0.15) is 127 Å². The molecule has 2 aliphatic rings. The van der Waals surface area contributed by atoms with Crippen LogP contribution in [0, 0.1) is 22.7 Å². The van der Waals surface area contributed by atoms with Gasteiger partial charge in [0, 0.05) is 11.6 Å². The Hall–Kier alpha value is -4.88. The number of hydrogen-bond donors (Lipinski definition) is 6. The first kappa shape index (κ1) is 58.8. The first-order chi connectivity index (χ1) is 36.8. The predicted octanol–water partition coefficient (Wildman–Crippen LogP) is 6.99. The zero-order valence-corrected chi connectivity index (χ0v) is 44.6. The van der Waals surface area contributed by atoms with E-state index in [9.17, 15) is 35.5 Å². The molecule has 2 saturated heterocycles. The fourth-order valence-electron chi connectivity index (χ4n) is 9.65. The van der Waals surface area contributed by atoms with Crippen LogP contribution in [0.25, 0.3) is 11.0 Å². The summed E-state index contributed by atoms with van der Waals surface area (Å²) < 4.78 is 59.5. The molecule has 0 unspecified atom stereocenters.